The summed E-state index contributed by atoms with van der Waals surface area (Å²) < 4.78 is 0. The molecule has 1 aliphatic rings. The second-order valence-corrected chi connectivity index (χ2v) is 15.3. The van der Waals surface area contributed by atoms with Crippen LogP contribution < -0.4 is 20.9 Å². The lowest BCUT2D eigenvalue weighted by atomic mass is 9.68. The number of hydrogen-bond donors (Lipinski definition) is 4. The molecule has 3 aromatic carbocycles. The summed E-state index contributed by atoms with van der Waals surface area (Å²) >= 11 is 0. The van der Waals surface area contributed by atoms with Gasteiger partial charge in [-0.2, -0.15) is 10.2 Å². The number of aliphatic hydroxyl groups excluding tert-OH is 1. The largest absolute Gasteiger partial charge is 0.392 e. The Morgan fingerprint density at radius 3 is 2.11 bits per heavy atom. The first-order valence-corrected chi connectivity index (χ1v) is 19.4. The van der Waals surface area contributed by atoms with E-state index in [9.17, 15) is 24.3 Å². The molecule has 0 radical (unpaired) electrons. The molecule has 11 heteroatoms. The average molecular weight is 751 g/mol. The topological polar surface area (TPSA) is 153 Å². The molecule has 1 aliphatic heterocycles. The number of carbonyl (C=O) groups excluding carboxylic acids is 4. The Bertz CT molecular complexity index is 1880. The molecule has 294 valence electrons. The lowest BCUT2D eigenvalue weighted by Crippen LogP contribution is -2.53. The van der Waals surface area contributed by atoms with E-state index in [1.807, 2.05) is 55.1 Å². The number of amides is 4. The molecule has 4 rings (SSSR count). The van der Waals surface area contributed by atoms with Crippen LogP contribution in [-0.4, -0.2) is 47.9 Å². The molecule has 3 aromatic rings. The van der Waals surface area contributed by atoms with Crippen molar-refractivity contribution in [2.75, 3.05) is 17.3 Å². The predicted octanol–water partition coefficient (Wildman–Crippen LogP) is 7.89. The fourth-order valence-corrected chi connectivity index (χ4v) is 6.95. The smallest absolute Gasteiger partial charge is 0.246 e. The highest BCUT2D eigenvalue weighted by atomic mass is 16.3. The minimum Gasteiger partial charge on any atom is -0.392 e. The average Bonchev–Trinajstić information content (AvgIpc) is 3.16. The fraction of sp³-hybridized carbons (Fsp3) is 0.455. The summed E-state index contributed by atoms with van der Waals surface area (Å²) in [7, 11) is 1.67. The zero-order valence-electron chi connectivity index (χ0n) is 33.6. The van der Waals surface area contributed by atoms with Crippen LogP contribution in [0.15, 0.2) is 83.0 Å². The minimum atomic E-state index is -0.857. The summed E-state index contributed by atoms with van der Waals surface area (Å²) in [6.07, 6.45) is 2.29. The molecule has 0 fully saturated rings. The highest BCUT2D eigenvalue weighted by molar-refractivity contribution is 6.03. The lowest BCUT2D eigenvalue weighted by Gasteiger charge is -2.38. The van der Waals surface area contributed by atoms with Crippen LogP contribution in [-0.2, 0) is 32.3 Å². The van der Waals surface area contributed by atoms with E-state index in [-0.39, 0.29) is 42.6 Å². The molecule has 0 saturated heterocycles. The molecule has 0 aliphatic carbocycles. The Morgan fingerprint density at radius 1 is 0.836 bits per heavy atom. The van der Waals surface area contributed by atoms with Crippen molar-refractivity contribution in [3.05, 3.63) is 95.1 Å². The maximum atomic E-state index is 14.1. The standard InChI is InChI=1S/C44H58N6O5/c1-9-29(4)44(6,7)39-34-17-11-10-16-32(34)26-50(36-19-13-12-18-35(36)41(39)49-45-8)38(53)21-15-14-20-37(52)48-40(28(2)3)43(55)46-30(5)42(54)47-33-24-22-31(27-51)23-25-33/h10-13,16-19,22-25,28-30,40,51H,9,14-15,20-21,26-27H2,1-8H3,(H,46,55)(H,47,54)(H,48,52)/b41-39-,49-45-/t29?,30-,40-/m0/s1. The van der Waals surface area contributed by atoms with Gasteiger partial charge in [-0.25, -0.2) is 0 Å². The summed E-state index contributed by atoms with van der Waals surface area (Å²) in [6.45, 7) is 14.5. The fourth-order valence-electron chi connectivity index (χ4n) is 6.95. The monoisotopic (exact) mass is 750 g/mol. The molecule has 1 unspecified atom stereocenters. The summed E-state index contributed by atoms with van der Waals surface area (Å²) in [5.41, 5.74) is 6.60. The molecule has 3 atom stereocenters. The number of hydrogen-bond acceptors (Lipinski definition) is 7. The van der Waals surface area contributed by atoms with Crippen LogP contribution in [0.25, 0.3) is 11.3 Å². The number of anilines is 2. The van der Waals surface area contributed by atoms with Gasteiger partial charge in [-0.3, -0.25) is 19.2 Å². The molecule has 11 nitrogen and oxygen atoms in total. The molecule has 4 amide bonds. The first kappa shape index (κ1) is 42.6. The third kappa shape index (κ3) is 10.5. The van der Waals surface area contributed by atoms with Crippen LogP contribution in [0.3, 0.4) is 0 Å². The Balaban J connectivity index is 1.42. The molecule has 0 spiro atoms. The molecule has 55 heavy (non-hydrogen) atoms. The predicted molar refractivity (Wildman–Crippen MR) is 219 cm³/mol. The maximum Gasteiger partial charge on any atom is 0.246 e. The Morgan fingerprint density at radius 2 is 1.47 bits per heavy atom. The van der Waals surface area contributed by atoms with Gasteiger partial charge in [0.1, 0.15) is 12.1 Å². The summed E-state index contributed by atoms with van der Waals surface area (Å²) in [4.78, 5) is 55.0. The number of fused-ring (bicyclic) bond motifs is 2. The minimum absolute atomic E-state index is 0.0591. The maximum absolute atomic E-state index is 14.1. The van der Waals surface area contributed by atoms with Crippen LogP contribution in [0.4, 0.5) is 11.4 Å². The van der Waals surface area contributed by atoms with E-state index in [0.717, 1.165) is 40.1 Å². The quantitative estimate of drug-likeness (QED) is 0.0867. The number of rotatable bonds is 16. The van der Waals surface area contributed by atoms with Gasteiger partial charge in [0.05, 0.1) is 24.5 Å². The van der Waals surface area contributed by atoms with Crippen molar-refractivity contribution >= 4 is 46.3 Å². The highest BCUT2D eigenvalue weighted by Gasteiger charge is 2.37. The number of aliphatic hydroxyl groups is 1. The van der Waals surface area contributed by atoms with E-state index < -0.39 is 23.9 Å². The number of nitrogens with one attached hydrogen (secondary N) is 3. The number of unbranched alkanes of at least 4 members (excludes halogenated alkanes) is 1. The van der Waals surface area contributed by atoms with Crippen LogP contribution in [0, 0.1) is 17.3 Å². The Kier molecular flexibility index (Phi) is 15.0. The molecule has 0 bridgehead atoms. The van der Waals surface area contributed by atoms with Crippen molar-refractivity contribution in [1.82, 2.24) is 10.6 Å². The van der Waals surface area contributed by atoms with Gasteiger partial charge in [0.15, 0.2) is 0 Å². The van der Waals surface area contributed by atoms with Crippen LogP contribution in [0.5, 0.6) is 0 Å². The number of allylic oxidation sites excluding steroid dienone is 1. The van der Waals surface area contributed by atoms with Crippen LogP contribution >= 0.6 is 0 Å². The molecule has 4 N–H and O–H groups in total. The van der Waals surface area contributed by atoms with Gasteiger partial charge < -0.3 is 26.0 Å². The van der Waals surface area contributed by atoms with E-state index in [4.69, 9.17) is 5.11 Å². The van der Waals surface area contributed by atoms with Gasteiger partial charge in [0.25, 0.3) is 0 Å². The van der Waals surface area contributed by atoms with Gasteiger partial charge >= 0.3 is 0 Å². The zero-order valence-corrected chi connectivity index (χ0v) is 33.6. The first-order chi connectivity index (χ1) is 26.2. The highest BCUT2D eigenvalue weighted by Crippen LogP contribution is 2.50. The number of benzene rings is 3. The number of azo groups is 1. The van der Waals surface area contributed by atoms with Crippen LogP contribution in [0.1, 0.15) is 103 Å². The summed E-state index contributed by atoms with van der Waals surface area (Å²) in [6, 6.07) is 21.1. The number of carbonyl (C=O) groups is 4. The van der Waals surface area contributed by atoms with Crippen molar-refractivity contribution in [2.24, 2.45) is 27.5 Å². The molecule has 0 aromatic heterocycles. The first-order valence-electron chi connectivity index (χ1n) is 19.4. The summed E-state index contributed by atoms with van der Waals surface area (Å²) in [5, 5.41) is 26.5. The zero-order chi connectivity index (χ0) is 40.3. The Hall–Kier alpha value is -5.16. The SMILES string of the molecule is CCC(C)C(C)(C)/C1=C(\N=N/C)c2ccccc2N(C(=O)CCCCC(=O)N[C@H](C(=O)N[C@@H](C)C(=O)Nc2ccc(CO)cc2)C(C)C)Cc2ccccc21. The van der Waals surface area contributed by atoms with E-state index >= 15 is 0 Å². The second kappa shape index (κ2) is 19.4. The second-order valence-electron chi connectivity index (χ2n) is 15.3. The van der Waals surface area contributed by atoms with Gasteiger partial charge in [0, 0.05) is 31.1 Å². The van der Waals surface area contributed by atoms with Crippen molar-refractivity contribution in [3.63, 3.8) is 0 Å². The third-order valence-corrected chi connectivity index (χ3v) is 10.8. The Labute approximate surface area is 326 Å². The number of para-hydroxylation sites is 1. The van der Waals surface area contributed by atoms with Crippen LogP contribution in [0.2, 0.25) is 0 Å². The van der Waals surface area contributed by atoms with Crippen molar-refractivity contribution in [3.8, 4) is 0 Å². The third-order valence-electron chi connectivity index (χ3n) is 10.8. The van der Waals surface area contributed by atoms with E-state index in [1.165, 1.54) is 0 Å². The molecule has 0 saturated carbocycles. The van der Waals surface area contributed by atoms with Gasteiger partial charge in [-0.1, -0.05) is 103 Å². The normalized spacial score (nSPS) is 16.0. The van der Waals surface area contributed by atoms with E-state index in [1.54, 1.807) is 38.2 Å². The van der Waals surface area contributed by atoms with Crippen molar-refractivity contribution in [2.45, 2.75) is 106 Å². The van der Waals surface area contributed by atoms with Crippen molar-refractivity contribution < 1.29 is 24.3 Å². The molecular formula is C44H58N6O5. The number of nitrogens with zero attached hydrogens (tertiary/aromatic N) is 3. The summed E-state index contributed by atoms with van der Waals surface area (Å²) in [5.74, 6) is -1.11. The lowest BCUT2D eigenvalue weighted by molar-refractivity contribution is -0.131. The van der Waals surface area contributed by atoms with E-state index in [0.29, 0.717) is 36.6 Å². The van der Waals surface area contributed by atoms with Gasteiger partial charge in [-0.05, 0) is 77.5 Å². The van der Waals surface area contributed by atoms with Gasteiger partial charge in [0.2, 0.25) is 23.6 Å². The molecular weight excluding hydrogens is 693 g/mol. The van der Waals surface area contributed by atoms with E-state index in [2.05, 4.69) is 60.9 Å². The van der Waals surface area contributed by atoms with Crippen molar-refractivity contribution in [1.29, 1.82) is 0 Å². The van der Waals surface area contributed by atoms with Gasteiger partial charge in [-0.15, -0.1) is 0 Å². The molecule has 1 heterocycles.